The molecule has 2 heterocycles. The van der Waals surface area contributed by atoms with Crippen LogP contribution in [0.4, 0.5) is 25.0 Å². The Morgan fingerprint density at radius 3 is 2.42 bits per heavy atom. The maximum Gasteiger partial charge on any atom is 0.412 e. The lowest BCUT2D eigenvalue weighted by Crippen LogP contribution is -2.46. The van der Waals surface area contributed by atoms with E-state index >= 15 is 0 Å². The second kappa shape index (κ2) is 12.3. The fourth-order valence-electron chi connectivity index (χ4n) is 4.58. The zero-order valence-electron chi connectivity index (χ0n) is 20.2. The van der Waals surface area contributed by atoms with E-state index in [-0.39, 0.29) is 25.9 Å². The highest BCUT2D eigenvalue weighted by molar-refractivity contribution is 6.43. The summed E-state index contributed by atoms with van der Waals surface area (Å²) in [5.74, 6) is -2.19. The van der Waals surface area contributed by atoms with E-state index in [1.807, 2.05) is 23.1 Å². The molecule has 0 bridgehead atoms. The summed E-state index contributed by atoms with van der Waals surface area (Å²) < 4.78 is 32.2. The Morgan fingerprint density at radius 1 is 0.944 bits per heavy atom. The van der Waals surface area contributed by atoms with E-state index < -0.39 is 12.0 Å². The first kappa shape index (κ1) is 26.8. The minimum Gasteiger partial charge on any atom is -0.410 e. The predicted molar refractivity (Wildman–Crippen MR) is 141 cm³/mol. The Balaban J connectivity index is 1.11. The van der Waals surface area contributed by atoms with E-state index in [0.717, 1.165) is 56.9 Å². The van der Waals surface area contributed by atoms with Gasteiger partial charge in [-0.15, -0.1) is 0 Å². The van der Waals surface area contributed by atoms with E-state index in [1.54, 1.807) is 24.3 Å². The van der Waals surface area contributed by atoms with Crippen molar-refractivity contribution >= 4 is 40.7 Å². The maximum atomic E-state index is 13.4. The van der Waals surface area contributed by atoms with E-state index in [1.165, 1.54) is 0 Å². The molecule has 4 rings (SSSR count). The van der Waals surface area contributed by atoms with E-state index in [0.29, 0.717) is 22.3 Å². The van der Waals surface area contributed by atoms with Crippen molar-refractivity contribution in [3.63, 3.8) is 0 Å². The molecule has 0 atom stereocenters. The zero-order chi connectivity index (χ0) is 25.5. The summed E-state index contributed by atoms with van der Waals surface area (Å²) in [5, 5.41) is 3.97. The lowest BCUT2D eigenvalue weighted by molar-refractivity contribution is -0.0220. The molecular weight excluding hydrogens is 509 g/mol. The fourth-order valence-corrected chi connectivity index (χ4v) is 4.99. The summed E-state index contributed by atoms with van der Waals surface area (Å²) in [5.41, 5.74) is 1.77. The summed E-state index contributed by atoms with van der Waals surface area (Å²) in [6, 6.07) is 12.7. The van der Waals surface area contributed by atoms with Crippen LogP contribution in [0.5, 0.6) is 5.75 Å². The second-order valence-corrected chi connectivity index (χ2v) is 10.1. The van der Waals surface area contributed by atoms with Crippen molar-refractivity contribution in [2.24, 2.45) is 0 Å². The Hall–Kier alpha value is -2.29. The normalized spacial score (nSPS) is 18.2. The van der Waals surface area contributed by atoms with Crippen molar-refractivity contribution in [2.75, 3.05) is 62.2 Å². The molecule has 2 fully saturated rings. The fraction of sp³-hybridized carbons (Fsp3) is 0.500. The third-order valence-corrected chi connectivity index (χ3v) is 7.51. The third-order valence-electron chi connectivity index (χ3n) is 6.70. The van der Waals surface area contributed by atoms with Crippen LogP contribution in [0.25, 0.3) is 0 Å². The average Bonchev–Trinajstić information content (AvgIpc) is 2.86. The number of ether oxygens (including phenoxy) is 1. The number of rotatable bonds is 8. The van der Waals surface area contributed by atoms with Gasteiger partial charge in [0, 0.05) is 70.4 Å². The molecule has 2 aliphatic rings. The average molecular weight is 541 g/mol. The van der Waals surface area contributed by atoms with E-state index in [9.17, 15) is 13.6 Å². The van der Waals surface area contributed by atoms with Crippen LogP contribution >= 0.6 is 23.2 Å². The molecule has 1 N–H and O–H groups in total. The molecule has 0 radical (unpaired) electrons. The highest BCUT2D eigenvalue weighted by Crippen LogP contribution is 2.33. The van der Waals surface area contributed by atoms with Crippen LogP contribution in [0, 0.1) is 0 Å². The number of benzene rings is 2. The molecule has 2 saturated heterocycles. The van der Waals surface area contributed by atoms with E-state index in [2.05, 4.69) is 15.1 Å². The van der Waals surface area contributed by atoms with Crippen LogP contribution in [-0.2, 0) is 0 Å². The first-order valence-electron chi connectivity index (χ1n) is 12.4. The van der Waals surface area contributed by atoms with Crippen molar-refractivity contribution in [3.8, 4) is 5.75 Å². The van der Waals surface area contributed by atoms with Crippen LogP contribution in [0.1, 0.15) is 25.7 Å². The van der Waals surface area contributed by atoms with Gasteiger partial charge in [-0.3, -0.25) is 4.90 Å². The molecule has 0 unspecified atom stereocenters. The number of unbranched alkanes of at least 4 members (excludes halogenated alkanes) is 1. The van der Waals surface area contributed by atoms with Crippen LogP contribution in [0.3, 0.4) is 0 Å². The molecule has 2 aromatic rings. The van der Waals surface area contributed by atoms with Crippen LogP contribution in [-0.4, -0.2) is 69.3 Å². The van der Waals surface area contributed by atoms with Crippen molar-refractivity contribution in [3.05, 3.63) is 52.5 Å². The molecule has 0 saturated carbocycles. The molecular formula is C26H32Cl2F2N4O2. The molecule has 1 amide bonds. The lowest BCUT2D eigenvalue weighted by Gasteiger charge is -2.36. The second-order valence-electron chi connectivity index (χ2n) is 9.27. The number of hydrogen-bond acceptors (Lipinski definition) is 5. The van der Waals surface area contributed by atoms with Gasteiger partial charge in [0.25, 0.3) is 5.92 Å². The molecule has 2 aromatic carbocycles. The third kappa shape index (κ3) is 7.37. The number of carbonyl (C=O) groups excluding carboxylic acids is 1. The number of amides is 1. The summed E-state index contributed by atoms with van der Waals surface area (Å²) in [6.45, 7) is 5.74. The monoisotopic (exact) mass is 540 g/mol. The zero-order valence-corrected chi connectivity index (χ0v) is 21.7. The van der Waals surface area contributed by atoms with Gasteiger partial charge in [-0.1, -0.05) is 35.3 Å². The highest BCUT2D eigenvalue weighted by Gasteiger charge is 2.34. The number of nitrogens with one attached hydrogen (secondary N) is 1. The molecule has 2 aliphatic heterocycles. The van der Waals surface area contributed by atoms with Gasteiger partial charge in [-0.05, 0) is 43.7 Å². The molecule has 0 spiro atoms. The summed E-state index contributed by atoms with van der Waals surface area (Å²) in [4.78, 5) is 18.8. The Kier molecular flexibility index (Phi) is 9.14. The molecule has 0 aliphatic carbocycles. The van der Waals surface area contributed by atoms with Gasteiger partial charge >= 0.3 is 6.09 Å². The largest absolute Gasteiger partial charge is 0.412 e. The summed E-state index contributed by atoms with van der Waals surface area (Å²) in [7, 11) is 0. The minimum atomic E-state index is -2.59. The Bertz CT molecular complexity index is 1020. The highest BCUT2D eigenvalue weighted by atomic mass is 35.5. The first-order valence-corrected chi connectivity index (χ1v) is 13.2. The number of hydrogen-bond donors (Lipinski definition) is 1. The topological polar surface area (TPSA) is 48.1 Å². The van der Waals surface area contributed by atoms with Crippen LogP contribution < -0.4 is 19.9 Å². The van der Waals surface area contributed by atoms with Crippen molar-refractivity contribution < 1.29 is 18.3 Å². The molecule has 0 aromatic heterocycles. The number of alkyl halides is 2. The number of anilines is 2. The van der Waals surface area contributed by atoms with Gasteiger partial charge in [0.2, 0.25) is 0 Å². The Labute approximate surface area is 221 Å². The first-order chi connectivity index (χ1) is 17.3. The molecule has 36 heavy (non-hydrogen) atoms. The van der Waals surface area contributed by atoms with Gasteiger partial charge in [0.1, 0.15) is 5.75 Å². The standard InChI is InChI=1S/C26H32Cl2F2N4O2/c27-22-7-4-8-23(24(22)28)34-17-15-32(16-18-34)12-2-1-11-31-25(35)36-21-6-3-5-20(19-21)33-13-9-26(29,30)10-14-33/h3-8,19H,1-2,9-18H2,(H,31,35). The van der Waals surface area contributed by atoms with Gasteiger partial charge in [-0.25, -0.2) is 13.6 Å². The quantitative estimate of drug-likeness (QED) is 0.421. The molecule has 10 heteroatoms. The van der Waals surface area contributed by atoms with Crippen molar-refractivity contribution in [1.82, 2.24) is 10.2 Å². The Morgan fingerprint density at radius 2 is 1.67 bits per heavy atom. The SMILES string of the molecule is O=C(NCCCCN1CCN(c2cccc(Cl)c2Cl)CC1)Oc1cccc(N2CCC(F)(F)CC2)c1. The van der Waals surface area contributed by atoms with Gasteiger partial charge < -0.3 is 19.9 Å². The molecule has 6 nitrogen and oxygen atoms in total. The van der Waals surface area contributed by atoms with Gasteiger partial charge in [-0.2, -0.15) is 0 Å². The van der Waals surface area contributed by atoms with E-state index in [4.69, 9.17) is 27.9 Å². The van der Waals surface area contributed by atoms with Gasteiger partial charge in [0.15, 0.2) is 0 Å². The number of nitrogens with zero attached hydrogens (tertiary/aromatic N) is 3. The minimum absolute atomic E-state index is 0.162. The summed E-state index contributed by atoms with van der Waals surface area (Å²) >= 11 is 12.5. The number of carbonyl (C=O) groups is 1. The van der Waals surface area contributed by atoms with Crippen molar-refractivity contribution in [1.29, 1.82) is 0 Å². The van der Waals surface area contributed by atoms with Crippen LogP contribution in [0.2, 0.25) is 10.0 Å². The number of piperazine rings is 1. The maximum absolute atomic E-state index is 13.4. The predicted octanol–water partition coefficient (Wildman–Crippen LogP) is 5.92. The number of halogens is 4. The van der Waals surface area contributed by atoms with Crippen LogP contribution in [0.15, 0.2) is 42.5 Å². The summed E-state index contributed by atoms with van der Waals surface area (Å²) in [6.07, 6.45) is 0.976. The van der Waals surface area contributed by atoms with Crippen molar-refractivity contribution in [2.45, 2.75) is 31.6 Å². The number of piperidine rings is 1. The smallest absolute Gasteiger partial charge is 0.410 e. The molecule has 196 valence electrons. The lowest BCUT2D eigenvalue weighted by atomic mass is 10.1. The van der Waals surface area contributed by atoms with Gasteiger partial charge in [0.05, 0.1) is 15.7 Å².